The number of nitrogens with one attached hydrogen (secondary N) is 1. The van der Waals surface area contributed by atoms with E-state index in [1.54, 1.807) is 48.8 Å². The monoisotopic (exact) mass is 333 g/mol. The summed E-state index contributed by atoms with van der Waals surface area (Å²) in [5.41, 5.74) is 2.64. The summed E-state index contributed by atoms with van der Waals surface area (Å²) >= 11 is 0. The first-order valence-corrected chi connectivity index (χ1v) is 7.57. The molecule has 2 aromatic heterocycles. The molecule has 0 aliphatic heterocycles. The molecule has 1 amide bonds. The molecule has 5 nitrogen and oxygen atoms in total. The number of hydrogen-bond donors (Lipinski definition) is 1. The van der Waals surface area contributed by atoms with Gasteiger partial charge in [0.05, 0.1) is 11.8 Å². The molecule has 0 spiro atoms. The van der Waals surface area contributed by atoms with Gasteiger partial charge in [-0.2, -0.15) is 0 Å². The summed E-state index contributed by atoms with van der Waals surface area (Å²) in [5, 5.41) is 2.66. The summed E-state index contributed by atoms with van der Waals surface area (Å²) in [6.07, 6.45) is 3.27. The Bertz CT molecular complexity index is 1020. The van der Waals surface area contributed by atoms with E-state index in [1.165, 1.54) is 18.2 Å². The SMILES string of the molecule is O=C(Nc1ccc(-c2nc3cnccc3o2)cc1)c1ccccc1F. The molecule has 0 unspecified atom stereocenters. The summed E-state index contributed by atoms with van der Waals surface area (Å²) in [7, 11) is 0. The van der Waals surface area contributed by atoms with Crippen molar-refractivity contribution >= 4 is 22.7 Å². The molecule has 0 saturated heterocycles. The van der Waals surface area contributed by atoms with E-state index >= 15 is 0 Å². The third-order valence-electron chi connectivity index (χ3n) is 3.70. The average molecular weight is 333 g/mol. The molecular formula is C19H12FN3O2. The molecule has 4 rings (SSSR count). The molecular weight excluding hydrogens is 321 g/mol. The normalized spacial score (nSPS) is 10.8. The second kappa shape index (κ2) is 6.16. The zero-order chi connectivity index (χ0) is 17.2. The number of pyridine rings is 1. The number of oxazole rings is 1. The van der Waals surface area contributed by atoms with Crippen molar-refractivity contribution in [2.45, 2.75) is 0 Å². The van der Waals surface area contributed by atoms with Gasteiger partial charge in [0.2, 0.25) is 5.89 Å². The van der Waals surface area contributed by atoms with Gasteiger partial charge in [0.1, 0.15) is 11.3 Å². The zero-order valence-corrected chi connectivity index (χ0v) is 12.9. The van der Waals surface area contributed by atoms with Crippen LogP contribution in [0.1, 0.15) is 10.4 Å². The average Bonchev–Trinajstić information content (AvgIpc) is 3.07. The van der Waals surface area contributed by atoms with Gasteiger partial charge in [-0.15, -0.1) is 0 Å². The molecule has 0 atom stereocenters. The number of carbonyl (C=O) groups excluding carboxylic acids is 1. The molecule has 122 valence electrons. The Kier molecular flexibility index (Phi) is 3.70. The van der Waals surface area contributed by atoms with Crippen LogP contribution in [0.4, 0.5) is 10.1 Å². The summed E-state index contributed by atoms with van der Waals surface area (Å²) in [5.74, 6) is -0.592. The second-order valence-corrected chi connectivity index (χ2v) is 5.37. The van der Waals surface area contributed by atoms with Crippen molar-refractivity contribution < 1.29 is 13.6 Å². The Morgan fingerprint density at radius 1 is 1.04 bits per heavy atom. The number of anilines is 1. The molecule has 4 aromatic rings. The number of amides is 1. The fourth-order valence-corrected chi connectivity index (χ4v) is 2.44. The lowest BCUT2D eigenvalue weighted by Gasteiger charge is -2.06. The summed E-state index contributed by atoms with van der Waals surface area (Å²) < 4.78 is 19.3. The second-order valence-electron chi connectivity index (χ2n) is 5.37. The van der Waals surface area contributed by atoms with Gasteiger partial charge in [-0.1, -0.05) is 12.1 Å². The number of hydrogen-bond acceptors (Lipinski definition) is 4. The molecule has 0 radical (unpaired) electrons. The molecule has 0 aliphatic rings. The van der Waals surface area contributed by atoms with E-state index in [-0.39, 0.29) is 5.56 Å². The number of nitrogens with zero attached hydrogens (tertiary/aromatic N) is 2. The van der Waals surface area contributed by atoms with Gasteiger partial charge in [0.15, 0.2) is 5.58 Å². The Labute approximate surface area is 142 Å². The van der Waals surface area contributed by atoms with Gasteiger partial charge in [-0.25, -0.2) is 9.37 Å². The highest BCUT2D eigenvalue weighted by atomic mass is 19.1. The van der Waals surface area contributed by atoms with Gasteiger partial charge >= 0.3 is 0 Å². The van der Waals surface area contributed by atoms with E-state index < -0.39 is 11.7 Å². The van der Waals surface area contributed by atoms with Crippen LogP contribution in [0.5, 0.6) is 0 Å². The lowest BCUT2D eigenvalue weighted by molar-refractivity contribution is 0.102. The smallest absolute Gasteiger partial charge is 0.258 e. The highest BCUT2D eigenvalue weighted by molar-refractivity contribution is 6.04. The number of rotatable bonds is 3. The molecule has 6 heteroatoms. The van der Waals surface area contributed by atoms with Gasteiger partial charge in [0, 0.05) is 23.5 Å². The van der Waals surface area contributed by atoms with E-state index in [1.807, 2.05) is 0 Å². The zero-order valence-electron chi connectivity index (χ0n) is 12.9. The maximum absolute atomic E-state index is 13.6. The Morgan fingerprint density at radius 3 is 2.60 bits per heavy atom. The predicted octanol–water partition coefficient (Wildman–Crippen LogP) is 4.28. The fraction of sp³-hybridized carbons (Fsp3) is 0. The summed E-state index contributed by atoms with van der Waals surface area (Å²) in [6, 6.07) is 14.5. The minimum absolute atomic E-state index is 0.00183. The van der Waals surface area contributed by atoms with Crippen molar-refractivity contribution in [2.24, 2.45) is 0 Å². The van der Waals surface area contributed by atoms with Crippen molar-refractivity contribution in [2.75, 3.05) is 5.32 Å². The van der Waals surface area contributed by atoms with Gasteiger partial charge in [-0.3, -0.25) is 9.78 Å². The maximum atomic E-state index is 13.6. The van der Waals surface area contributed by atoms with Crippen molar-refractivity contribution in [3.63, 3.8) is 0 Å². The molecule has 0 bridgehead atoms. The van der Waals surface area contributed by atoms with Crippen LogP contribution in [-0.4, -0.2) is 15.9 Å². The van der Waals surface area contributed by atoms with Crippen LogP contribution in [0, 0.1) is 5.82 Å². The molecule has 2 aromatic carbocycles. The van der Waals surface area contributed by atoms with E-state index in [0.29, 0.717) is 22.7 Å². The number of benzene rings is 2. The maximum Gasteiger partial charge on any atom is 0.258 e. The van der Waals surface area contributed by atoms with E-state index in [4.69, 9.17) is 4.42 Å². The topological polar surface area (TPSA) is 68.0 Å². The van der Waals surface area contributed by atoms with E-state index in [0.717, 1.165) is 5.56 Å². The van der Waals surface area contributed by atoms with Crippen LogP contribution < -0.4 is 5.32 Å². The highest BCUT2D eigenvalue weighted by Crippen LogP contribution is 2.25. The Hall–Kier alpha value is -3.54. The minimum Gasteiger partial charge on any atom is -0.436 e. The van der Waals surface area contributed by atoms with Crippen LogP contribution in [0.2, 0.25) is 0 Å². The van der Waals surface area contributed by atoms with E-state index in [2.05, 4.69) is 15.3 Å². The molecule has 0 saturated carbocycles. The quantitative estimate of drug-likeness (QED) is 0.607. The van der Waals surface area contributed by atoms with Crippen molar-refractivity contribution in [3.8, 4) is 11.5 Å². The molecule has 2 heterocycles. The number of fused-ring (bicyclic) bond motifs is 1. The summed E-state index contributed by atoms with van der Waals surface area (Å²) in [6.45, 7) is 0. The van der Waals surface area contributed by atoms with Crippen molar-refractivity contribution in [3.05, 3.63) is 78.4 Å². The fourth-order valence-electron chi connectivity index (χ4n) is 2.44. The summed E-state index contributed by atoms with van der Waals surface area (Å²) in [4.78, 5) is 20.5. The van der Waals surface area contributed by atoms with Crippen LogP contribution in [0.3, 0.4) is 0 Å². The first-order valence-electron chi connectivity index (χ1n) is 7.57. The Balaban J connectivity index is 1.56. The predicted molar refractivity (Wildman–Crippen MR) is 91.6 cm³/mol. The first kappa shape index (κ1) is 15.0. The van der Waals surface area contributed by atoms with Crippen LogP contribution in [0.15, 0.2) is 71.4 Å². The minimum atomic E-state index is -0.559. The first-order chi connectivity index (χ1) is 12.2. The molecule has 25 heavy (non-hydrogen) atoms. The third-order valence-corrected chi connectivity index (χ3v) is 3.70. The largest absolute Gasteiger partial charge is 0.436 e. The lowest BCUT2D eigenvalue weighted by Crippen LogP contribution is -2.13. The van der Waals surface area contributed by atoms with Crippen molar-refractivity contribution in [1.29, 1.82) is 0 Å². The molecule has 0 fully saturated rings. The molecule has 0 aliphatic carbocycles. The van der Waals surface area contributed by atoms with Gasteiger partial charge < -0.3 is 9.73 Å². The van der Waals surface area contributed by atoms with Crippen LogP contribution in [0.25, 0.3) is 22.6 Å². The van der Waals surface area contributed by atoms with Crippen molar-refractivity contribution in [1.82, 2.24) is 9.97 Å². The van der Waals surface area contributed by atoms with Gasteiger partial charge in [0.25, 0.3) is 5.91 Å². The van der Waals surface area contributed by atoms with Crippen LogP contribution >= 0.6 is 0 Å². The number of aromatic nitrogens is 2. The lowest BCUT2D eigenvalue weighted by atomic mass is 10.1. The third kappa shape index (κ3) is 2.97. The molecule has 1 N–H and O–H groups in total. The van der Waals surface area contributed by atoms with Crippen LogP contribution in [-0.2, 0) is 0 Å². The standard InChI is InChI=1S/C19H12FN3O2/c20-15-4-2-1-3-14(15)18(24)22-13-7-5-12(6-8-13)19-23-16-11-21-10-9-17(16)25-19/h1-11H,(H,22,24). The number of carbonyl (C=O) groups is 1. The Morgan fingerprint density at radius 2 is 1.84 bits per heavy atom. The number of halogens is 1. The van der Waals surface area contributed by atoms with Gasteiger partial charge in [-0.05, 0) is 36.4 Å². The van der Waals surface area contributed by atoms with E-state index in [9.17, 15) is 9.18 Å². The highest BCUT2D eigenvalue weighted by Gasteiger charge is 2.12.